The quantitative estimate of drug-likeness (QED) is 0.575. The van der Waals surface area contributed by atoms with Crippen LogP contribution in [-0.4, -0.2) is 35.6 Å². The molecule has 1 aliphatic carbocycles. The fraction of sp³-hybridized carbons (Fsp3) is 0.261. The Morgan fingerprint density at radius 3 is 2.31 bits per heavy atom. The van der Waals surface area contributed by atoms with Gasteiger partial charge >= 0.3 is 6.09 Å². The molecule has 6 heteroatoms. The third kappa shape index (κ3) is 4.05. The number of fused-ring (bicyclic) bond motifs is 3. The van der Waals surface area contributed by atoms with Crippen molar-refractivity contribution in [2.45, 2.75) is 25.0 Å². The predicted molar refractivity (Wildman–Crippen MR) is 113 cm³/mol. The van der Waals surface area contributed by atoms with Gasteiger partial charge in [0.1, 0.15) is 18.8 Å². The summed E-state index contributed by atoms with van der Waals surface area (Å²) < 4.78 is 5.44. The van der Waals surface area contributed by atoms with Crippen LogP contribution < -0.4 is 5.32 Å². The maximum absolute atomic E-state index is 12.2. The van der Waals surface area contributed by atoms with E-state index < -0.39 is 18.3 Å². The second kappa shape index (κ2) is 8.37. The van der Waals surface area contributed by atoms with Crippen LogP contribution in [0.25, 0.3) is 11.1 Å². The Morgan fingerprint density at radius 1 is 1.10 bits per heavy atom. The maximum atomic E-state index is 12.2. The van der Waals surface area contributed by atoms with Gasteiger partial charge in [-0.25, -0.2) is 4.79 Å². The number of thiophene rings is 1. The van der Waals surface area contributed by atoms with E-state index in [0.29, 0.717) is 4.88 Å². The van der Waals surface area contributed by atoms with Crippen LogP contribution in [0, 0.1) is 6.92 Å². The van der Waals surface area contributed by atoms with Crippen molar-refractivity contribution < 1.29 is 19.7 Å². The molecule has 2 aromatic carbocycles. The highest BCUT2D eigenvalue weighted by Gasteiger charge is 2.29. The summed E-state index contributed by atoms with van der Waals surface area (Å²) in [5.41, 5.74) is 5.65. The summed E-state index contributed by atoms with van der Waals surface area (Å²) >= 11 is 1.38. The summed E-state index contributed by atoms with van der Waals surface area (Å²) in [7, 11) is 0. The SMILES string of the molecule is Cc1csc(C(O)C(O)CNC(=O)OCC2c3ccccc3-c3ccccc32)c1. The van der Waals surface area contributed by atoms with Gasteiger partial charge in [-0.05, 0) is 46.2 Å². The Kier molecular flexibility index (Phi) is 5.67. The topological polar surface area (TPSA) is 78.8 Å². The van der Waals surface area contributed by atoms with Crippen molar-refractivity contribution in [2.75, 3.05) is 13.2 Å². The van der Waals surface area contributed by atoms with E-state index in [1.54, 1.807) is 0 Å². The van der Waals surface area contributed by atoms with Crippen molar-refractivity contribution >= 4 is 17.4 Å². The van der Waals surface area contributed by atoms with Crippen molar-refractivity contribution in [1.29, 1.82) is 0 Å². The number of carbonyl (C=O) groups excluding carboxylic acids is 1. The Labute approximate surface area is 173 Å². The first kappa shape index (κ1) is 19.6. The summed E-state index contributed by atoms with van der Waals surface area (Å²) in [5.74, 6) is -0.0160. The number of alkyl carbamates (subject to hydrolysis) is 1. The van der Waals surface area contributed by atoms with Crippen LogP contribution in [0.2, 0.25) is 0 Å². The number of aryl methyl sites for hydroxylation is 1. The first-order valence-corrected chi connectivity index (χ1v) is 10.4. The van der Waals surface area contributed by atoms with Crippen LogP contribution in [0.15, 0.2) is 60.0 Å². The number of hydrogen-bond acceptors (Lipinski definition) is 5. The lowest BCUT2D eigenvalue weighted by Crippen LogP contribution is -2.36. The fourth-order valence-electron chi connectivity index (χ4n) is 3.75. The first-order chi connectivity index (χ1) is 14.0. The minimum atomic E-state index is -1.10. The van der Waals surface area contributed by atoms with Gasteiger partial charge in [0.05, 0.1) is 0 Å². The molecule has 0 radical (unpaired) electrons. The molecule has 2 unspecified atom stereocenters. The molecular weight excluding hydrogens is 386 g/mol. The molecule has 1 aliphatic rings. The van der Waals surface area contributed by atoms with Gasteiger partial charge in [-0.3, -0.25) is 0 Å². The standard InChI is InChI=1S/C23H23NO4S/c1-14-10-21(29-13-14)22(26)20(25)11-24-23(27)28-12-19-17-8-4-2-6-15(17)16-7-3-5-9-18(16)19/h2-10,13,19-20,22,25-26H,11-12H2,1H3,(H,24,27). The molecule has 1 amide bonds. The highest BCUT2D eigenvalue weighted by molar-refractivity contribution is 7.10. The molecule has 1 heterocycles. The molecule has 3 N–H and O–H groups in total. The van der Waals surface area contributed by atoms with Crippen molar-refractivity contribution in [3.63, 3.8) is 0 Å². The highest BCUT2D eigenvalue weighted by atomic mass is 32.1. The molecule has 0 bridgehead atoms. The predicted octanol–water partition coefficient (Wildman–Crippen LogP) is 3.99. The lowest BCUT2D eigenvalue weighted by atomic mass is 9.98. The maximum Gasteiger partial charge on any atom is 0.407 e. The van der Waals surface area contributed by atoms with E-state index >= 15 is 0 Å². The van der Waals surface area contributed by atoms with Gasteiger partial charge in [0.15, 0.2) is 0 Å². The Hall–Kier alpha value is -2.67. The normalized spacial score (nSPS) is 14.7. The summed E-state index contributed by atoms with van der Waals surface area (Å²) in [6, 6.07) is 18.1. The smallest absolute Gasteiger partial charge is 0.407 e. The Balaban J connectivity index is 1.34. The lowest BCUT2D eigenvalue weighted by Gasteiger charge is -2.18. The third-order valence-electron chi connectivity index (χ3n) is 5.21. The lowest BCUT2D eigenvalue weighted by molar-refractivity contribution is 0.0206. The second-order valence-corrected chi connectivity index (χ2v) is 8.19. The summed E-state index contributed by atoms with van der Waals surface area (Å²) in [6.07, 6.45) is -2.75. The van der Waals surface area contributed by atoms with Crippen LogP contribution in [-0.2, 0) is 4.74 Å². The number of rotatable bonds is 6. The van der Waals surface area contributed by atoms with E-state index in [9.17, 15) is 15.0 Å². The average molecular weight is 410 g/mol. The molecule has 0 saturated heterocycles. The second-order valence-electron chi connectivity index (χ2n) is 7.25. The number of carbonyl (C=O) groups is 1. The van der Waals surface area contributed by atoms with Crippen LogP contribution in [0.3, 0.4) is 0 Å². The van der Waals surface area contributed by atoms with E-state index in [4.69, 9.17) is 4.74 Å². The van der Waals surface area contributed by atoms with Gasteiger partial charge in [-0.15, -0.1) is 11.3 Å². The minimum absolute atomic E-state index is 0.0160. The van der Waals surface area contributed by atoms with Gasteiger partial charge in [0.2, 0.25) is 0 Å². The number of benzene rings is 2. The van der Waals surface area contributed by atoms with Crippen molar-refractivity contribution in [3.8, 4) is 11.1 Å². The summed E-state index contributed by atoms with van der Waals surface area (Å²) in [6.45, 7) is 2.05. The molecular formula is C23H23NO4S. The van der Waals surface area contributed by atoms with Crippen molar-refractivity contribution in [2.24, 2.45) is 0 Å². The largest absolute Gasteiger partial charge is 0.449 e. The third-order valence-corrected chi connectivity index (χ3v) is 6.33. The molecule has 4 rings (SSSR count). The molecule has 5 nitrogen and oxygen atoms in total. The number of ether oxygens (including phenoxy) is 1. The summed E-state index contributed by atoms with van der Waals surface area (Å²) in [4.78, 5) is 12.8. The van der Waals surface area contributed by atoms with E-state index in [2.05, 4.69) is 29.6 Å². The fourth-order valence-corrected chi connectivity index (χ4v) is 4.69. The zero-order valence-corrected chi connectivity index (χ0v) is 16.9. The van der Waals surface area contributed by atoms with Gasteiger partial charge in [0, 0.05) is 17.3 Å². The van der Waals surface area contributed by atoms with Gasteiger partial charge in [-0.2, -0.15) is 0 Å². The molecule has 150 valence electrons. The number of aliphatic hydroxyl groups is 2. The Bertz CT molecular complexity index is 970. The highest BCUT2D eigenvalue weighted by Crippen LogP contribution is 2.44. The van der Waals surface area contributed by atoms with Crippen LogP contribution in [0.5, 0.6) is 0 Å². The first-order valence-electron chi connectivity index (χ1n) is 9.54. The molecule has 29 heavy (non-hydrogen) atoms. The minimum Gasteiger partial charge on any atom is -0.449 e. The molecule has 2 atom stereocenters. The van der Waals surface area contributed by atoms with Crippen LogP contribution in [0.4, 0.5) is 4.79 Å². The average Bonchev–Trinajstić information content (AvgIpc) is 3.31. The van der Waals surface area contributed by atoms with Crippen LogP contribution in [0.1, 0.15) is 33.6 Å². The molecule has 0 fully saturated rings. The van der Waals surface area contributed by atoms with E-state index in [1.165, 1.54) is 22.5 Å². The van der Waals surface area contributed by atoms with Crippen molar-refractivity contribution in [3.05, 3.63) is 81.5 Å². The van der Waals surface area contributed by atoms with Gasteiger partial charge < -0.3 is 20.3 Å². The van der Waals surface area contributed by atoms with E-state index in [-0.39, 0.29) is 19.1 Å². The molecule has 1 aromatic heterocycles. The molecule has 0 aliphatic heterocycles. The number of hydrogen-bond donors (Lipinski definition) is 3. The Morgan fingerprint density at radius 2 is 1.72 bits per heavy atom. The zero-order chi connectivity index (χ0) is 20.4. The molecule has 0 saturated carbocycles. The molecule has 3 aromatic rings. The van der Waals surface area contributed by atoms with E-state index in [1.807, 2.05) is 42.6 Å². The van der Waals surface area contributed by atoms with E-state index in [0.717, 1.165) is 16.7 Å². The van der Waals surface area contributed by atoms with Gasteiger partial charge in [0.25, 0.3) is 0 Å². The van der Waals surface area contributed by atoms with Crippen LogP contribution >= 0.6 is 11.3 Å². The summed E-state index contributed by atoms with van der Waals surface area (Å²) in [5, 5.41) is 24.8. The zero-order valence-electron chi connectivity index (χ0n) is 16.0. The van der Waals surface area contributed by atoms with Crippen molar-refractivity contribution in [1.82, 2.24) is 5.32 Å². The number of nitrogens with one attached hydrogen (secondary N) is 1. The van der Waals surface area contributed by atoms with Gasteiger partial charge in [-0.1, -0.05) is 48.5 Å². The monoisotopic (exact) mass is 409 g/mol. The molecule has 0 spiro atoms. The number of aliphatic hydroxyl groups excluding tert-OH is 2. The number of amides is 1.